The van der Waals surface area contributed by atoms with E-state index in [0.717, 1.165) is 33.4 Å². The maximum atomic E-state index is 14.3. The second-order valence-electron chi connectivity index (χ2n) is 7.77. The SMILES string of the molecule is C[C@H](NC(=O)CN(c1ccccc1F)S(=O)(=O)N(C)C)c1ccc2c(c1)CCCC2. The molecule has 3 rings (SSSR count). The molecule has 2 aromatic carbocycles. The Balaban J connectivity index is 1.78. The topological polar surface area (TPSA) is 69.7 Å². The molecule has 0 spiro atoms. The summed E-state index contributed by atoms with van der Waals surface area (Å²) in [5.41, 5.74) is 3.47. The van der Waals surface area contributed by atoms with E-state index < -0.39 is 28.5 Å². The molecule has 6 nitrogen and oxygen atoms in total. The summed E-state index contributed by atoms with van der Waals surface area (Å²) < 4.78 is 41.5. The predicted molar refractivity (Wildman–Crippen MR) is 116 cm³/mol. The standard InChI is InChI=1S/C22H28FN3O3S/c1-16(18-13-12-17-8-4-5-9-19(17)14-18)24-22(27)15-26(30(28,29)25(2)3)21-11-7-6-10-20(21)23/h6-7,10-14,16H,4-5,8-9,15H2,1-3H3,(H,24,27)/t16-/m0/s1. The lowest BCUT2D eigenvalue weighted by Crippen LogP contribution is -2.46. The number of halogens is 1. The van der Waals surface area contributed by atoms with Gasteiger partial charge < -0.3 is 5.32 Å². The summed E-state index contributed by atoms with van der Waals surface area (Å²) >= 11 is 0. The molecule has 0 unspecified atom stereocenters. The highest BCUT2D eigenvalue weighted by atomic mass is 32.2. The highest BCUT2D eigenvalue weighted by Crippen LogP contribution is 2.25. The van der Waals surface area contributed by atoms with E-state index in [9.17, 15) is 17.6 Å². The van der Waals surface area contributed by atoms with Crippen molar-refractivity contribution in [1.82, 2.24) is 9.62 Å². The summed E-state index contributed by atoms with van der Waals surface area (Å²) in [6.07, 6.45) is 4.48. The number of amides is 1. The summed E-state index contributed by atoms with van der Waals surface area (Å²) in [6, 6.07) is 11.4. The molecular formula is C22H28FN3O3S. The lowest BCUT2D eigenvalue weighted by atomic mass is 9.89. The van der Waals surface area contributed by atoms with Gasteiger partial charge in [0.15, 0.2) is 0 Å². The fourth-order valence-electron chi connectivity index (χ4n) is 3.67. The van der Waals surface area contributed by atoms with Crippen molar-refractivity contribution >= 4 is 21.8 Å². The molecule has 162 valence electrons. The van der Waals surface area contributed by atoms with Crippen molar-refractivity contribution in [2.75, 3.05) is 24.9 Å². The third-order valence-corrected chi connectivity index (χ3v) is 7.20. The maximum Gasteiger partial charge on any atom is 0.304 e. The van der Waals surface area contributed by atoms with Crippen molar-refractivity contribution in [3.63, 3.8) is 0 Å². The fraction of sp³-hybridized carbons (Fsp3) is 0.409. The molecule has 1 atom stereocenters. The van der Waals surface area contributed by atoms with Crippen LogP contribution in [0.2, 0.25) is 0 Å². The van der Waals surface area contributed by atoms with Crippen molar-refractivity contribution < 1.29 is 17.6 Å². The van der Waals surface area contributed by atoms with Crippen LogP contribution in [0.15, 0.2) is 42.5 Å². The summed E-state index contributed by atoms with van der Waals surface area (Å²) in [5.74, 6) is -1.22. The molecule has 0 aromatic heterocycles. The van der Waals surface area contributed by atoms with Gasteiger partial charge in [0.1, 0.15) is 12.4 Å². The number of carbonyl (C=O) groups is 1. The molecule has 8 heteroatoms. The van der Waals surface area contributed by atoms with E-state index in [0.29, 0.717) is 0 Å². The Hall–Kier alpha value is -2.45. The second kappa shape index (κ2) is 9.14. The van der Waals surface area contributed by atoms with Crippen LogP contribution in [-0.2, 0) is 27.8 Å². The zero-order chi connectivity index (χ0) is 21.9. The maximum absolute atomic E-state index is 14.3. The zero-order valence-corrected chi connectivity index (χ0v) is 18.4. The number of anilines is 1. The first-order chi connectivity index (χ1) is 14.2. The second-order valence-corrected chi connectivity index (χ2v) is 9.84. The molecule has 0 bridgehead atoms. The monoisotopic (exact) mass is 433 g/mol. The molecule has 2 aromatic rings. The van der Waals surface area contributed by atoms with Gasteiger partial charge in [-0.3, -0.25) is 4.79 Å². The zero-order valence-electron chi connectivity index (χ0n) is 17.6. The smallest absolute Gasteiger partial charge is 0.304 e. The number of aryl methyl sites for hydroxylation is 2. The van der Waals surface area contributed by atoms with Crippen LogP contribution in [0.3, 0.4) is 0 Å². The number of nitrogens with zero attached hydrogens (tertiary/aromatic N) is 2. The Morgan fingerprint density at radius 3 is 2.43 bits per heavy atom. The van der Waals surface area contributed by atoms with Crippen LogP contribution in [-0.4, -0.2) is 39.3 Å². The van der Waals surface area contributed by atoms with Gasteiger partial charge in [0.25, 0.3) is 0 Å². The molecular weight excluding hydrogens is 405 g/mol. The first-order valence-corrected chi connectivity index (χ1v) is 11.5. The van der Waals surface area contributed by atoms with Crippen LogP contribution in [0.1, 0.15) is 42.5 Å². The van der Waals surface area contributed by atoms with E-state index in [-0.39, 0.29) is 11.7 Å². The van der Waals surface area contributed by atoms with Crippen LogP contribution in [0.25, 0.3) is 0 Å². The molecule has 1 amide bonds. The Morgan fingerprint density at radius 1 is 1.10 bits per heavy atom. The van der Waals surface area contributed by atoms with Crippen LogP contribution < -0.4 is 9.62 Å². The summed E-state index contributed by atoms with van der Waals surface area (Å²) in [6.45, 7) is 1.34. The first kappa shape index (κ1) is 22.2. The normalized spacial score (nSPS) is 14.8. The van der Waals surface area contributed by atoms with Gasteiger partial charge in [0, 0.05) is 14.1 Å². The Labute approximate surface area is 177 Å². The molecule has 0 fully saturated rings. The third-order valence-electron chi connectivity index (χ3n) is 5.40. The number of benzene rings is 2. The Bertz CT molecular complexity index is 1020. The van der Waals surface area contributed by atoms with Crippen molar-refractivity contribution in [2.24, 2.45) is 0 Å². The number of nitrogens with one attached hydrogen (secondary N) is 1. The minimum absolute atomic E-state index is 0.164. The molecule has 30 heavy (non-hydrogen) atoms. The number of hydrogen-bond donors (Lipinski definition) is 1. The lowest BCUT2D eigenvalue weighted by Gasteiger charge is -2.28. The number of carbonyl (C=O) groups excluding carboxylic acids is 1. The largest absolute Gasteiger partial charge is 0.348 e. The van der Waals surface area contributed by atoms with E-state index in [2.05, 4.69) is 17.4 Å². The molecule has 1 aliphatic carbocycles. The molecule has 1 N–H and O–H groups in total. The van der Waals surface area contributed by atoms with E-state index in [1.807, 2.05) is 13.0 Å². The highest BCUT2D eigenvalue weighted by Gasteiger charge is 2.29. The quantitative estimate of drug-likeness (QED) is 0.729. The van der Waals surface area contributed by atoms with Gasteiger partial charge in [0.05, 0.1) is 11.7 Å². The fourth-order valence-corrected chi connectivity index (χ4v) is 4.74. The lowest BCUT2D eigenvalue weighted by molar-refractivity contribution is -0.120. The van der Waals surface area contributed by atoms with Gasteiger partial charge in [-0.25, -0.2) is 8.70 Å². The van der Waals surface area contributed by atoms with Crippen molar-refractivity contribution in [2.45, 2.75) is 38.6 Å². The van der Waals surface area contributed by atoms with Crippen LogP contribution >= 0.6 is 0 Å². The van der Waals surface area contributed by atoms with Gasteiger partial charge in [-0.1, -0.05) is 30.3 Å². The van der Waals surface area contributed by atoms with Crippen molar-refractivity contribution in [3.05, 3.63) is 65.0 Å². The Kier molecular flexibility index (Phi) is 6.77. The van der Waals surface area contributed by atoms with Gasteiger partial charge >= 0.3 is 10.2 Å². The van der Waals surface area contributed by atoms with Crippen molar-refractivity contribution in [1.29, 1.82) is 0 Å². The van der Waals surface area contributed by atoms with E-state index in [4.69, 9.17) is 0 Å². The minimum atomic E-state index is -4.06. The van der Waals surface area contributed by atoms with Crippen LogP contribution in [0, 0.1) is 5.82 Å². The van der Waals surface area contributed by atoms with Gasteiger partial charge in [-0.2, -0.15) is 12.7 Å². The molecule has 0 aliphatic heterocycles. The molecule has 0 saturated heterocycles. The Morgan fingerprint density at radius 2 is 1.77 bits per heavy atom. The molecule has 0 radical (unpaired) electrons. The molecule has 0 heterocycles. The molecule has 0 saturated carbocycles. The van der Waals surface area contributed by atoms with Crippen LogP contribution in [0.4, 0.5) is 10.1 Å². The third kappa shape index (κ3) is 4.82. The average molecular weight is 434 g/mol. The number of rotatable bonds is 7. The van der Waals surface area contributed by atoms with Crippen molar-refractivity contribution in [3.8, 4) is 0 Å². The summed E-state index contributed by atoms with van der Waals surface area (Å²) in [4.78, 5) is 12.7. The minimum Gasteiger partial charge on any atom is -0.348 e. The van der Waals surface area contributed by atoms with Gasteiger partial charge in [0.2, 0.25) is 5.91 Å². The number of para-hydroxylation sites is 1. The summed E-state index contributed by atoms with van der Waals surface area (Å²) in [7, 11) is -1.37. The molecule has 1 aliphatic rings. The van der Waals surface area contributed by atoms with E-state index in [1.165, 1.54) is 55.9 Å². The average Bonchev–Trinajstić information content (AvgIpc) is 2.72. The number of fused-ring (bicyclic) bond motifs is 1. The van der Waals surface area contributed by atoms with Gasteiger partial charge in [-0.05, 0) is 61.4 Å². The highest BCUT2D eigenvalue weighted by molar-refractivity contribution is 7.90. The van der Waals surface area contributed by atoms with Crippen LogP contribution in [0.5, 0.6) is 0 Å². The first-order valence-electron chi connectivity index (χ1n) is 10.1. The predicted octanol–water partition coefficient (Wildman–Crippen LogP) is 3.19. The summed E-state index contributed by atoms with van der Waals surface area (Å²) in [5, 5.41) is 2.85. The number of hydrogen-bond acceptors (Lipinski definition) is 3. The van der Waals surface area contributed by atoms with E-state index >= 15 is 0 Å². The van der Waals surface area contributed by atoms with E-state index in [1.54, 1.807) is 0 Å². The van der Waals surface area contributed by atoms with Gasteiger partial charge in [-0.15, -0.1) is 0 Å².